The molecule has 0 aliphatic heterocycles. The van der Waals surface area contributed by atoms with Gasteiger partial charge in [-0.05, 0) is 12.5 Å². The van der Waals surface area contributed by atoms with E-state index in [0.717, 1.165) is 25.3 Å². The topological polar surface area (TPSA) is 53.1 Å². The summed E-state index contributed by atoms with van der Waals surface area (Å²) in [6.45, 7) is 4.95. The maximum absolute atomic E-state index is 5.52. The minimum absolute atomic E-state index is 0.535. The Morgan fingerprint density at radius 1 is 1.54 bits per heavy atom. The largest absolute Gasteiger partial charge is 0.380 e. The van der Waals surface area contributed by atoms with Crippen LogP contribution in [0.4, 0.5) is 0 Å². The molecule has 0 bridgehead atoms. The van der Waals surface area contributed by atoms with Crippen LogP contribution in [0.1, 0.15) is 19.0 Å². The molecule has 0 saturated carbocycles. The van der Waals surface area contributed by atoms with E-state index < -0.39 is 0 Å². The van der Waals surface area contributed by atoms with Crippen LogP contribution in [0.15, 0.2) is 12.3 Å². The van der Waals surface area contributed by atoms with Gasteiger partial charge in [-0.15, -0.1) is 0 Å². The van der Waals surface area contributed by atoms with Crippen LogP contribution >= 0.6 is 0 Å². The number of hydrogen-bond acceptors (Lipinski definition) is 3. The first-order chi connectivity index (χ1) is 6.38. The van der Waals surface area contributed by atoms with Crippen molar-refractivity contribution in [2.45, 2.75) is 26.4 Å². The number of nitrogens with two attached hydrogens (primary N) is 1. The summed E-state index contributed by atoms with van der Waals surface area (Å²) in [5.41, 5.74) is 6.58. The molecule has 0 saturated heterocycles. The standard InChI is InChI=1S/C9H17N3O/c1-2-6-13-7-5-12-9(8-10)3-4-11-12/h3-4H,2,5-8,10H2,1H3. The Kier molecular flexibility index (Phi) is 4.49. The van der Waals surface area contributed by atoms with Crippen molar-refractivity contribution < 1.29 is 4.74 Å². The van der Waals surface area contributed by atoms with Gasteiger partial charge in [0.15, 0.2) is 0 Å². The quantitative estimate of drug-likeness (QED) is 0.663. The van der Waals surface area contributed by atoms with E-state index in [4.69, 9.17) is 10.5 Å². The molecule has 0 aliphatic carbocycles. The molecule has 4 heteroatoms. The second kappa shape index (κ2) is 5.72. The monoisotopic (exact) mass is 183 g/mol. The number of hydrogen-bond donors (Lipinski definition) is 1. The van der Waals surface area contributed by atoms with E-state index in [0.29, 0.717) is 13.2 Å². The van der Waals surface area contributed by atoms with Crippen molar-refractivity contribution in [3.05, 3.63) is 18.0 Å². The minimum Gasteiger partial charge on any atom is -0.380 e. The van der Waals surface area contributed by atoms with Gasteiger partial charge in [-0.3, -0.25) is 4.68 Å². The molecule has 0 amide bonds. The van der Waals surface area contributed by atoms with Gasteiger partial charge in [-0.25, -0.2) is 0 Å². The number of aromatic nitrogens is 2. The highest BCUT2D eigenvalue weighted by atomic mass is 16.5. The van der Waals surface area contributed by atoms with E-state index in [1.165, 1.54) is 0 Å². The Labute approximate surface area is 78.7 Å². The first-order valence-corrected chi connectivity index (χ1v) is 4.67. The Morgan fingerprint density at radius 2 is 2.38 bits per heavy atom. The summed E-state index contributed by atoms with van der Waals surface area (Å²) in [6.07, 6.45) is 2.82. The van der Waals surface area contributed by atoms with E-state index in [-0.39, 0.29) is 0 Å². The summed E-state index contributed by atoms with van der Waals surface area (Å²) >= 11 is 0. The van der Waals surface area contributed by atoms with Crippen LogP contribution < -0.4 is 5.73 Å². The van der Waals surface area contributed by atoms with Crippen LogP contribution in [0, 0.1) is 0 Å². The lowest BCUT2D eigenvalue weighted by atomic mass is 10.4. The zero-order chi connectivity index (χ0) is 9.52. The molecule has 0 aliphatic rings. The van der Waals surface area contributed by atoms with Gasteiger partial charge in [-0.1, -0.05) is 6.92 Å². The molecule has 1 aromatic rings. The Hall–Kier alpha value is -0.870. The number of rotatable bonds is 6. The van der Waals surface area contributed by atoms with Gasteiger partial charge in [0.1, 0.15) is 0 Å². The molecule has 1 rings (SSSR count). The summed E-state index contributed by atoms with van der Waals surface area (Å²) < 4.78 is 7.24. The lowest BCUT2D eigenvalue weighted by molar-refractivity contribution is 0.123. The fourth-order valence-corrected chi connectivity index (χ4v) is 1.13. The van der Waals surface area contributed by atoms with Crippen LogP contribution in [-0.2, 0) is 17.8 Å². The maximum Gasteiger partial charge on any atom is 0.0662 e. The molecule has 4 nitrogen and oxygen atoms in total. The third-order valence-electron chi connectivity index (χ3n) is 1.81. The maximum atomic E-state index is 5.52. The summed E-state index contributed by atoms with van der Waals surface area (Å²) in [5.74, 6) is 0. The molecular weight excluding hydrogens is 166 g/mol. The van der Waals surface area contributed by atoms with E-state index >= 15 is 0 Å². The Morgan fingerprint density at radius 3 is 3.08 bits per heavy atom. The smallest absolute Gasteiger partial charge is 0.0662 e. The number of ether oxygens (including phenoxy) is 1. The summed E-state index contributed by atoms with van der Waals surface area (Å²) in [7, 11) is 0. The van der Waals surface area contributed by atoms with Crippen molar-refractivity contribution in [1.29, 1.82) is 0 Å². The van der Waals surface area contributed by atoms with Crippen molar-refractivity contribution in [3.8, 4) is 0 Å². The SMILES string of the molecule is CCCOCCn1nccc1CN. The van der Waals surface area contributed by atoms with Crippen molar-refractivity contribution in [2.75, 3.05) is 13.2 Å². The lowest BCUT2D eigenvalue weighted by Crippen LogP contribution is -2.13. The van der Waals surface area contributed by atoms with Crippen molar-refractivity contribution >= 4 is 0 Å². The lowest BCUT2D eigenvalue weighted by Gasteiger charge is -2.05. The fraction of sp³-hybridized carbons (Fsp3) is 0.667. The van der Waals surface area contributed by atoms with Gasteiger partial charge in [0.25, 0.3) is 0 Å². The second-order valence-electron chi connectivity index (χ2n) is 2.86. The van der Waals surface area contributed by atoms with E-state index in [9.17, 15) is 0 Å². The Balaban J connectivity index is 2.27. The van der Waals surface area contributed by atoms with Gasteiger partial charge in [0.05, 0.1) is 18.8 Å². The molecule has 0 unspecified atom stereocenters. The first kappa shape index (κ1) is 10.2. The molecule has 1 aromatic heterocycles. The molecule has 0 radical (unpaired) electrons. The first-order valence-electron chi connectivity index (χ1n) is 4.67. The van der Waals surface area contributed by atoms with Gasteiger partial charge in [0, 0.05) is 19.3 Å². The van der Waals surface area contributed by atoms with Crippen molar-refractivity contribution in [2.24, 2.45) is 5.73 Å². The average molecular weight is 183 g/mol. The van der Waals surface area contributed by atoms with Gasteiger partial charge in [0.2, 0.25) is 0 Å². The third kappa shape index (κ3) is 3.16. The Bertz CT molecular complexity index is 235. The van der Waals surface area contributed by atoms with Crippen LogP contribution in [-0.4, -0.2) is 23.0 Å². The molecular formula is C9H17N3O. The third-order valence-corrected chi connectivity index (χ3v) is 1.81. The minimum atomic E-state index is 0.535. The fourth-order valence-electron chi connectivity index (χ4n) is 1.13. The van der Waals surface area contributed by atoms with Crippen molar-refractivity contribution in [3.63, 3.8) is 0 Å². The van der Waals surface area contributed by atoms with Gasteiger partial charge >= 0.3 is 0 Å². The van der Waals surface area contributed by atoms with Crippen molar-refractivity contribution in [1.82, 2.24) is 9.78 Å². The molecule has 2 N–H and O–H groups in total. The van der Waals surface area contributed by atoms with Crippen LogP contribution in [0.5, 0.6) is 0 Å². The normalized spacial score (nSPS) is 10.6. The predicted molar refractivity (Wildman–Crippen MR) is 51.2 cm³/mol. The predicted octanol–water partition coefficient (Wildman–Crippen LogP) is 0.768. The molecule has 1 heterocycles. The molecule has 0 fully saturated rings. The summed E-state index contributed by atoms with van der Waals surface area (Å²) in [6, 6.07) is 1.93. The summed E-state index contributed by atoms with van der Waals surface area (Å²) in [5, 5.41) is 4.14. The van der Waals surface area contributed by atoms with Gasteiger partial charge < -0.3 is 10.5 Å². The highest BCUT2D eigenvalue weighted by Gasteiger charge is 1.98. The summed E-state index contributed by atoms with van der Waals surface area (Å²) in [4.78, 5) is 0. The molecule has 0 aromatic carbocycles. The molecule has 0 spiro atoms. The van der Waals surface area contributed by atoms with E-state index in [1.54, 1.807) is 6.20 Å². The van der Waals surface area contributed by atoms with Crippen LogP contribution in [0.2, 0.25) is 0 Å². The molecule has 13 heavy (non-hydrogen) atoms. The zero-order valence-electron chi connectivity index (χ0n) is 8.07. The highest BCUT2D eigenvalue weighted by Crippen LogP contribution is 1.96. The van der Waals surface area contributed by atoms with E-state index in [2.05, 4.69) is 12.0 Å². The van der Waals surface area contributed by atoms with Gasteiger partial charge in [-0.2, -0.15) is 5.10 Å². The highest BCUT2D eigenvalue weighted by molar-refractivity contribution is 4.99. The van der Waals surface area contributed by atoms with Crippen LogP contribution in [0.3, 0.4) is 0 Å². The average Bonchev–Trinajstić information content (AvgIpc) is 2.60. The van der Waals surface area contributed by atoms with Crippen LogP contribution in [0.25, 0.3) is 0 Å². The second-order valence-corrected chi connectivity index (χ2v) is 2.86. The molecule has 74 valence electrons. The molecule has 0 atom stereocenters. The zero-order valence-corrected chi connectivity index (χ0v) is 8.07. The van der Waals surface area contributed by atoms with E-state index in [1.807, 2.05) is 10.7 Å². The number of nitrogens with zero attached hydrogens (tertiary/aromatic N) is 2.